The van der Waals surface area contributed by atoms with Gasteiger partial charge in [0.1, 0.15) is 6.54 Å². The molecule has 0 aromatic heterocycles. The summed E-state index contributed by atoms with van der Waals surface area (Å²) < 4.78 is 27.9. The van der Waals surface area contributed by atoms with Crippen LogP contribution in [0.3, 0.4) is 0 Å². The molecule has 0 saturated carbocycles. The molecule has 2 N–H and O–H groups in total. The van der Waals surface area contributed by atoms with Gasteiger partial charge in [0.05, 0.1) is 27.9 Å². The smallest absolute Gasteiger partial charge is 0.264 e. The van der Waals surface area contributed by atoms with Crippen molar-refractivity contribution >= 4 is 33.2 Å². The number of para-hydroxylation sites is 2. The monoisotopic (exact) mass is 513 g/mol. The standard InChI is InChI=1S/C29H27N3O4S/c1-22(23-13-5-2-6-14-23)30-29(34)26-19-11-12-20-27(26)31-28(33)21-32(24-15-7-3-8-16-24)37(35,36)25-17-9-4-10-18-25/h2-20,22H,21H2,1H3,(H,30,34)(H,31,33)/t22-/m0/s1. The van der Waals surface area contributed by atoms with Crippen LogP contribution in [0.5, 0.6) is 0 Å². The van der Waals surface area contributed by atoms with E-state index in [4.69, 9.17) is 0 Å². The molecule has 0 unspecified atom stereocenters. The first kappa shape index (κ1) is 25.7. The van der Waals surface area contributed by atoms with E-state index >= 15 is 0 Å². The van der Waals surface area contributed by atoms with Gasteiger partial charge in [-0.05, 0) is 48.9 Å². The molecule has 4 aromatic rings. The van der Waals surface area contributed by atoms with Gasteiger partial charge >= 0.3 is 0 Å². The number of nitrogens with zero attached hydrogens (tertiary/aromatic N) is 1. The number of nitrogens with one attached hydrogen (secondary N) is 2. The predicted molar refractivity (Wildman–Crippen MR) is 145 cm³/mol. The summed E-state index contributed by atoms with van der Waals surface area (Å²) >= 11 is 0. The molecule has 37 heavy (non-hydrogen) atoms. The number of amides is 2. The van der Waals surface area contributed by atoms with Crippen molar-refractivity contribution in [2.45, 2.75) is 17.9 Å². The summed E-state index contributed by atoms with van der Waals surface area (Å²) in [5, 5.41) is 5.66. The fourth-order valence-electron chi connectivity index (χ4n) is 3.84. The number of sulfonamides is 1. The van der Waals surface area contributed by atoms with Gasteiger partial charge in [0.2, 0.25) is 5.91 Å². The minimum atomic E-state index is -4.02. The Bertz CT molecular complexity index is 1460. The normalized spacial score (nSPS) is 11.8. The van der Waals surface area contributed by atoms with Crippen molar-refractivity contribution in [3.05, 3.63) is 126 Å². The molecule has 0 saturated heterocycles. The van der Waals surface area contributed by atoms with Crippen LogP contribution < -0.4 is 14.9 Å². The van der Waals surface area contributed by atoms with E-state index in [-0.39, 0.29) is 28.1 Å². The molecule has 8 heteroatoms. The fourth-order valence-corrected chi connectivity index (χ4v) is 5.28. The van der Waals surface area contributed by atoms with Gasteiger partial charge < -0.3 is 10.6 Å². The summed E-state index contributed by atoms with van der Waals surface area (Å²) in [6.07, 6.45) is 0. The van der Waals surface area contributed by atoms with Crippen LogP contribution in [0.15, 0.2) is 120 Å². The largest absolute Gasteiger partial charge is 0.345 e. The molecule has 4 aromatic carbocycles. The number of carbonyl (C=O) groups is 2. The third-order valence-corrected chi connectivity index (χ3v) is 7.54. The van der Waals surface area contributed by atoms with Crippen LogP contribution in [0, 0.1) is 0 Å². The molecule has 7 nitrogen and oxygen atoms in total. The minimum Gasteiger partial charge on any atom is -0.345 e. The Morgan fingerprint density at radius 1 is 0.757 bits per heavy atom. The SMILES string of the molecule is C[C@H](NC(=O)c1ccccc1NC(=O)CN(c1ccccc1)S(=O)(=O)c1ccccc1)c1ccccc1. The highest BCUT2D eigenvalue weighted by molar-refractivity contribution is 7.92. The van der Waals surface area contributed by atoms with E-state index < -0.39 is 22.5 Å². The first-order valence-corrected chi connectivity index (χ1v) is 13.2. The lowest BCUT2D eigenvalue weighted by molar-refractivity contribution is -0.114. The molecule has 2 amide bonds. The average Bonchev–Trinajstić information content (AvgIpc) is 2.93. The molecule has 0 aliphatic carbocycles. The lowest BCUT2D eigenvalue weighted by Gasteiger charge is -2.24. The van der Waals surface area contributed by atoms with Gasteiger partial charge in [0.15, 0.2) is 0 Å². The van der Waals surface area contributed by atoms with Crippen LogP contribution >= 0.6 is 0 Å². The molecule has 0 radical (unpaired) electrons. The molecule has 188 valence electrons. The van der Waals surface area contributed by atoms with Crippen molar-refractivity contribution in [2.75, 3.05) is 16.2 Å². The Morgan fingerprint density at radius 2 is 1.30 bits per heavy atom. The second-order valence-electron chi connectivity index (χ2n) is 8.36. The van der Waals surface area contributed by atoms with Crippen LogP contribution in [0.1, 0.15) is 28.9 Å². The van der Waals surface area contributed by atoms with Gasteiger partial charge in [-0.2, -0.15) is 0 Å². The molecule has 0 aliphatic heterocycles. The zero-order chi connectivity index (χ0) is 26.3. The van der Waals surface area contributed by atoms with Gasteiger partial charge in [0.25, 0.3) is 15.9 Å². The summed E-state index contributed by atoms with van der Waals surface area (Å²) in [6.45, 7) is 1.40. The maximum absolute atomic E-state index is 13.4. The quantitative estimate of drug-likeness (QED) is 0.329. The lowest BCUT2D eigenvalue weighted by atomic mass is 10.1. The first-order chi connectivity index (χ1) is 17.9. The maximum Gasteiger partial charge on any atom is 0.264 e. The van der Waals surface area contributed by atoms with Gasteiger partial charge in [-0.15, -0.1) is 0 Å². The molecule has 1 atom stereocenters. The second kappa shape index (κ2) is 11.5. The van der Waals surface area contributed by atoms with Crippen LogP contribution in [0.25, 0.3) is 0 Å². The number of anilines is 2. The van der Waals surface area contributed by atoms with Crippen molar-refractivity contribution in [1.29, 1.82) is 0 Å². The topological polar surface area (TPSA) is 95.6 Å². The lowest BCUT2D eigenvalue weighted by Crippen LogP contribution is -2.38. The molecule has 0 aliphatic rings. The van der Waals surface area contributed by atoms with Crippen LogP contribution in [0.2, 0.25) is 0 Å². The molecule has 4 rings (SSSR count). The molecular weight excluding hydrogens is 486 g/mol. The van der Waals surface area contributed by atoms with E-state index in [0.717, 1.165) is 9.87 Å². The first-order valence-electron chi connectivity index (χ1n) is 11.7. The molecule has 0 bridgehead atoms. The Kier molecular flexibility index (Phi) is 8.00. The average molecular weight is 514 g/mol. The Labute approximate surface area is 216 Å². The Morgan fingerprint density at radius 3 is 1.95 bits per heavy atom. The van der Waals surface area contributed by atoms with E-state index in [0.29, 0.717) is 5.69 Å². The zero-order valence-corrected chi connectivity index (χ0v) is 21.1. The Hall–Kier alpha value is -4.43. The maximum atomic E-state index is 13.4. The van der Waals surface area contributed by atoms with E-state index in [1.165, 1.54) is 12.1 Å². The summed E-state index contributed by atoms with van der Waals surface area (Å²) in [5.41, 5.74) is 1.86. The van der Waals surface area contributed by atoms with Crippen LogP contribution in [0.4, 0.5) is 11.4 Å². The highest BCUT2D eigenvalue weighted by atomic mass is 32.2. The highest BCUT2D eigenvalue weighted by Gasteiger charge is 2.27. The third-order valence-electron chi connectivity index (χ3n) is 5.76. The predicted octanol–water partition coefficient (Wildman–Crippen LogP) is 5.01. The summed E-state index contributed by atoms with van der Waals surface area (Å²) in [4.78, 5) is 26.3. The van der Waals surface area contributed by atoms with E-state index in [1.54, 1.807) is 72.8 Å². The molecule has 0 spiro atoms. The van der Waals surface area contributed by atoms with Crippen LogP contribution in [-0.2, 0) is 14.8 Å². The highest BCUT2D eigenvalue weighted by Crippen LogP contribution is 2.24. The second-order valence-corrected chi connectivity index (χ2v) is 10.2. The summed E-state index contributed by atoms with van der Waals surface area (Å²) in [7, 11) is -4.02. The number of rotatable bonds is 9. The van der Waals surface area contributed by atoms with Gasteiger partial charge in [-0.3, -0.25) is 13.9 Å². The zero-order valence-electron chi connectivity index (χ0n) is 20.2. The fraction of sp³-hybridized carbons (Fsp3) is 0.103. The third kappa shape index (κ3) is 6.23. The van der Waals surface area contributed by atoms with Gasteiger partial charge in [-0.25, -0.2) is 8.42 Å². The van der Waals surface area contributed by atoms with E-state index in [1.807, 2.05) is 37.3 Å². The van der Waals surface area contributed by atoms with E-state index in [9.17, 15) is 18.0 Å². The van der Waals surface area contributed by atoms with E-state index in [2.05, 4.69) is 10.6 Å². The molecule has 0 fully saturated rings. The number of benzene rings is 4. The number of hydrogen-bond donors (Lipinski definition) is 2. The Balaban J connectivity index is 1.55. The van der Waals surface area contributed by atoms with Crippen molar-refractivity contribution in [3.63, 3.8) is 0 Å². The number of carbonyl (C=O) groups excluding carboxylic acids is 2. The van der Waals surface area contributed by atoms with Gasteiger partial charge in [0, 0.05) is 0 Å². The van der Waals surface area contributed by atoms with Crippen molar-refractivity contribution < 1.29 is 18.0 Å². The van der Waals surface area contributed by atoms with Crippen molar-refractivity contribution in [3.8, 4) is 0 Å². The summed E-state index contributed by atoms with van der Waals surface area (Å²) in [6, 6.07) is 32.3. The van der Waals surface area contributed by atoms with Crippen LogP contribution in [-0.4, -0.2) is 26.8 Å². The van der Waals surface area contributed by atoms with Gasteiger partial charge in [-0.1, -0.05) is 78.9 Å². The summed E-state index contributed by atoms with van der Waals surface area (Å²) in [5.74, 6) is -0.941. The molecule has 0 heterocycles. The minimum absolute atomic E-state index is 0.0707. The van der Waals surface area contributed by atoms with Crippen molar-refractivity contribution in [1.82, 2.24) is 5.32 Å². The number of hydrogen-bond acceptors (Lipinski definition) is 4. The van der Waals surface area contributed by atoms with Crippen molar-refractivity contribution in [2.24, 2.45) is 0 Å². The molecular formula is C29H27N3O4S.